The normalized spacial score (nSPS) is 26.0. The number of hydrogen-bond acceptors (Lipinski definition) is 14. The van der Waals surface area contributed by atoms with Gasteiger partial charge in [-0.15, -0.1) is 0 Å². The molecule has 6 rings (SSSR count). The lowest BCUT2D eigenvalue weighted by molar-refractivity contribution is -0.143. The minimum absolute atomic E-state index is 0.0226. The Bertz CT molecular complexity index is 2880. The first-order valence-electron chi connectivity index (χ1n) is 27.5. The largest absolute Gasteiger partial charge is 0.495 e. The van der Waals surface area contributed by atoms with Crippen molar-refractivity contribution in [1.82, 2.24) is 26.2 Å². The number of fused-ring (bicyclic) bond motifs is 5. The van der Waals surface area contributed by atoms with Crippen LogP contribution in [0.25, 0.3) is 0 Å². The molecule has 9 amide bonds. The first kappa shape index (κ1) is 64.8. The van der Waals surface area contributed by atoms with Gasteiger partial charge in [0.1, 0.15) is 59.0 Å². The molecule has 23 nitrogen and oxygen atoms in total. The highest BCUT2D eigenvalue weighted by atomic mass is 35.5. The van der Waals surface area contributed by atoms with E-state index >= 15 is 8.78 Å². The number of amides is 9. The molecule has 4 bridgehead atoms. The molecular formula is C57H76ClF2N9O14. The molecule has 2 aromatic rings. The number of allylic oxidation sites excluding steroid dienone is 3. The molecule has 3 heterocycles. The molecule has 10 N–H and O–H groups in total. The number of aliphatic hydroxyl groups excluding tert-OH is 1. The zero-order valence-corrected chi connectivity index (χ0v) is 48.5. The van der Waals surface area contributed by atoms with Crippen LogP contribution in [0, 0.1) is 34.8 Å². The van der Waals surface area contributed by atoms with Crippen molar-refractivity contribution in [3.63, 3.8) is 0 Å². The zero-order valence-electron chi connectivity index (χ0n) is 47.8. The number of primary amides is 1. The fraction of sp³-hybridized carbons (Fsp3) is 0.544. The summed E-state index contributed by atoms with van der Waals surface area (Å²) in [5.74, 6) is -6.67. The number of methoxy groups -OCH3 is 2. The van der Waals surface area contributed by atoms with Crippen molar-refractivity contribution in [3.05, 3.63) is 82.4 Å². The number of nitrogens with two attached hydrogens (primary N) is 1. The number of benzene rings is 2. The van der Waals surface area contributed by atoms with E-state index in [9.17, 15) is 48.6 Å². The average molecular weight is 1180 g/mol. The number of halogens is 3. The number of unbranched alkanes of at least 4 members (excludes halogenated alkanes) is 2. The van der Waals surface area contributed by atoms with Gasteiger partial charge in [0, 0.05) is 63.7 Å². The summed E-state index contributed by atoms with van der Waals surface area (Å²) >= 11 is 6.81. The number of aliphatic hydroxyl groups is 2. The quantitative estimate of drug-likeness (QED) is 0.0707. The second-order valence-corrected chi connectivity index (χ2v) is 22.5. The lowest BCUT2D eigenvalue weighted by atomic mass is 9.83. The highest BCUT2D eigenvalue weighted by Gasteiger charge is 2.62. The van der Waals surface area contributed by atoms with Gasteiger partial charge in [0.25, 0.3) is 0 Å². The lowest BCUT2D eigenvalue weighted by Gasteiger charge is -2.42. The smallest absolute Gasteiger partial charge is 0.412 e. The van der Waals surface area contributed by atoms with Gasteiger partial charge in [-0.25, -0.2) is 23.2 Å². The van der Waals surface area contributed by atoms with E-state index in [0.717, 1.165) is 5.57 Å². The summed E-state index contributed by atoms with van der Waals surface area (Å²) in [6, 6.07) is 1.22. The third-order valence-corrected chi connectivity index (χ3v) is 16.0. The van der Waals surface area contributed by atoms with E-state index in [1.807, 2.05) is 13.0 Å². The fourth-order valence-corrected chi connectivity index (χ4v) is 11.0. The number of ether oxygens (including phenoxy) is 4. The maximum atomic E-state index is 16.1. The van der Waals surface area contributed by atoms with Crippen molar-refractivity contribution in [2.45, 2.75) is 141 Å². The third kappa shape index (κ3) is 16.7. The van der Waals surface area contributed by atoms with E-state index in [2.05, 4.69) is 31.9 Å². The van der Waals surface area contributed by atoms with Gasteiger partial charge in [0.05, 0.1) is 30.6 Å². The highest BCUT2D eigenvalue weighted by molar-refractivity contribution is 6.35. The second-order valence-electron chi connectivity index (χ2n) is 22.1. The van der Waals surface area contributed by atoms with Gasteiger partial charge in [0.15, 0.2) is 5.72 Å². The average Bonchev–Trinajstić information content (AvgIpc) is 3.38. The van der Waals surface area contributed by atoms with Crippen LogP contribution in [0.15, 0.2) is 60.2 Å². The molecule has 2 fully saturated rings. The fourth-order valence-electron chi connectivity index (χ4n) is 10.7. The van der Waals surface area contributed by atoms with Gasteiger partial charge >= 0.3 is 18.2 Å². The Labute approximate surface area is 485 Å². The van der Waals surface area contributed by atoms with E-state index in [1.165, 1.54) is 43.2 Å². The van der Waals surface area contributed by atoms with E-state index in [4.69, 9.17) is 36.3 Å². The van der Waals surface area contributed by atoms with Crippen LogP contribution < -0.4 is 47.3 Å². The summed E-state index contributed by atoms with van der Waals surface area (Å²) in [5, 5.41) is 36.6. The Balaban J connectivity index is 1.18. The third-order valence-electron chi connectivity index (χ3n) is 15.6. The summed E-state index contributed by atoms with van der Waals surface area (Å²) in [7, 11) is 4.31. The molecule has 3 aliphatic heterocycles. The van der Waals surface area contributed by atoms with Crippen LogP contribution in [-0.2, 0) is 44.6 Å². The molecule has 0 spiro atoms. The van der Waals surface area contributed by atoms with Gasteiger partial charge in [-0.1, -0.05) is 69.5 Å². The first-order valence-corrected chi connectivity index (χ1v) is 27.8. The maximum Gasteiger partial charge on any atom is 0.412 e. The number of alkyl carbamates (subject to hydrolysis) is 1. The number of carbonyl (C=O) groups excluding carboxylic acids is 8. The summed E-state index contributed by atoms with van der Waals surface area (Å²) in [4.78, 5) is 108. The molecule has 1 saturated heterocycles. The molecule has 4 aliphatic rings. The van der Waals surface area contributed by atoms with Crippen LogP contribution in [0.5, 0.6) is 5.75 Å². The maximum absolute atomic E-state index is 16.1. The van der Waals surface area contributed by atoms with Gasteiger partial charge in [-0.3, -0.25) is 34.6 Å². The zero-order chi connectivity index (χ0) is 61.1. The Morgan fingerprint density at radius 1 is 0.964 bits per heavy atom. The van der Waals surface area contributed by atoms with Crippen LogP contribution in [0.4, 0.5) is 40.2 Å². The van der Waals surface area contributed by atoms with Crippen LogP contribution in [0.3, 0.4) is 0 Å². The molecule has 83 heavy (non-hydrogen) atoms. The summed E-state index contributed by atoms with van der Waals surface area (Å²) in [5.41, 5.74) is 2.74. The van der Waals surface area contributed by atoms with Crippen LogP contribution in [-0.4, -0.2) is 140 Å². The van der Waals surface area contributed by atoms with E-state index in [-0.39, 0.29) is 61.1 Å². The van der Waals surface area contributed by atoms with Crippen LogP contribution >= 0.6 is 11.6 Å². The van der Waals surface area contributed by atoms with E-state index in [0.29, 0.717) is 49.8 Å². The molecule has 0 aromatic heterocycles. The van der Waals surface area contributed by atoms with Gasteiger partial charge in [-0.2, -0.15) is 0 Å². The van der Waals surface area contributed by atoms with E-state index in [1.54, 1.807) is 52.0 Å². The lowest BCUT2D eigenvalue weighted by Crippen LogP contribution is -2.63. The minimum Gasteiger partial charge on any atom is -0.495 e. The van der Waals surface area contributed by atoms with Gasteiger partial charge in [-0.05, 0) is 87.0 Å². The number of nitrogens with zero attached hydrogens (tertiary/aromatic N) is 2. The standard InChI is InChI=1S/C57H76ClF2N9O14/c1-30(2)50(66-45(70)17-10-9-11-21-69-46(71)18-19-47(69)72)52(75)63-37(15-13-20-62-53(61)76)51(74)64-38-25-36(60)39(26-35(38)59)65-54(77)83-44-27-48(73)68(6)40-23-33(24-41(80-7)49(40)58)22-31(3)14-12-16-43(81-8)57(79)29-42(82-55(78)67-57)32(4)34-28-56(34,44)5/h12,14,16,18-19,23-26,30,32,34,37,42-44,46,50,71,79H,9-11,13,15,17,20-22,27-29H2,1-8H3,(H,63,75)(H,64,74)(H,65,77)(H,66,70)(H,67,78)(H3,61,62,76)/b16-12+,31-14+/t32-,34-,37-,42-,43+,44-,46?,50-,56+,57-/m0/s1. The molecule has 454 valence electrons. The number of rotatable bonds is 20. The SMILES string of the molecule is COc1cc2cc(c1Cl)N(C)C(=O)C[C@H](OC(=O)Nc1cc(F)c(NC(=O)[C@H](CCCNC(N)=O)NC(=O)[C@@H](NC(=O)CCCCCN3C(=O)C=CC3O)C(C)C)cc1F)[C@]1(C)C[C@H]1[C@H](C)[C@@H]1C[C@@](O)(NC(=O)O1)[C@H](OC)/C=C/C=C(\C)C2. The van der Waals surface area contributed by atoms with Gasteiger partial charge < -0.3 is 66.0 Å². The van der Waals surface area contributed by atoms with E-state index < -0.39 is 137 Å². The predicted molar refractivity (Wildman–Crippen MR) is 302 cm³/mol. The summed E-state index contributed by atoms with van der Waals surface area (Å²) < 4.78 is 55.1. The minimum atomic E-state index is -1.91. The molecule has 1 saturated carbocycles. The number of anilines is 3. The summed E-state index contributed by atoms with van der Waals surface area (Å²) in [6.07, 6.45) is 2.98. The van der Waals surface area contributed by atoms with Gasteiger partial charge in [0.2, 0.25) is 29.5 Å². The predicted octanol–water partition coefficient (Wildman–Crippen LogP) is 5.81. The van der Waals surface area contributed by atoms with Crippen molar-refractivity contribution >= 4 is 76.4 Å². The van der Waals surface area contributed by atoms with Crippen molar-refractivity contribution < 1.29 is 76.3 Å². The second kappa shape index (κ2) is 28.3. The van der Waals surface area contributed by atoms with Crippen molar-refractivity contribution in [2.75, 3.05) is 49.9 Å². The highest BCUT2D eigenvalue weighted by Crippen LogP contribution is 2.61. The van der Waals surface area contributed by atoms with Crippen molar-refractivity contribution in [2.24, 2.45) is 28.9 Å². The molecule has 1 aliphatic carbocycles. The van der Waals surface area contributed by atoms with Crippen molar-refractivity contribution in [3.8, 4) is 5.75 Å². The number of carbonyl (C=O) groups is 8. The molecule has 26 heteroatoms. The molecule has 2 aromatic carbocycles. The molecule has 10 atom stereocenters. The Morgan fingerprint density at radius 3 is 2.30 bits per heavy atom. The summed E-state index contributed by atoms with van der Waals surface area (Å²) in [6.45, 7) is 9.03. The van der Waals surface area contributed by atoms with Crippen LogP contribution in [0.1, 0.15) is 98.0 Å². The Morgan fingerprint density at radius 2 is 1.66 bits per heavy atom. The molecule has 0 radical (unpaired) electrons. The number of urea groups is 1. The molecular weight excluding hydrogens is 1110 g/mol. The number of hydrogen-bond donors (Lipinski definition) is 9. The van der Waals surface area contributed by atoms with Crippen LogP contribution in [0.2, 0.25) is 5.02 Å². The van der Waals surface area contributed by atoms with Crippen molar-refractivity contribution in [1.29, 1.82) is 0 Å². The number of nitrogens with one attached hydrogen (secondary N) is 6. The monoisotopic (exact) mass is 1180 g/mol. The topological polar surface area (TPSA) is 319 Å². The Hall–Kier alpha value is -7.35. The first-order chi connectivity index (χ1) is 39.2. The molecule has 1 unspecified atom stereocenters. The Kier molecular flexibility index (Phi) is 22.1.